The van der Waals surface area contributed by atoms with Crippen molar-refractivity contribution in [2.75, 3.05) is 29.1 Å². The Kier molecular flexibility index (Phi) is 6.85. The molecule has 0 radical (unpaired) electrons. The van der Waals surface area contributed by atoms with Crippen LogP contribution in [-0.2, 0) is 11.3 Å². The van der Waals surface area contributed by atoms with Crippen molar-refractivity contribution < 1.29 is 4.79 Å². The predicted molar refractivity (Wildman–Crippen MR) is 141 cm³/mol. The third kappa shape index (κ3) is 4.81. The number of hydrogen-bond donors (Lipinski definition) is 1. The number of para-hydroxylation sites is 1. The molecular weight excluding hydrogens is 460 g/mol. The number of allylic oxidation sites excluding steroid dienone is 1. The van der Waals surface area contributed by atoms with Crippen LogP contribution in [0.25, 0.3) is 16.7 Å². The molecule has 0 saturated carbocycles. The summed E-state index contributed by atoms with van der Waals surface area (Å²) in [6, 6.07) is 15.4. The highest BCUT2D eigenvalue weighted by molar-refractivity contribution is 7.99. The summed E-state index contributed by atoms with van der Waals surface area (Å²) >= 11 is 1.29. The number of thioether (sulfide) groups is 1. The number of hydrogen-bond acceptors (Lipinski definition) is 6. The van der Waals surface area contributed by atoms with E-state index in [9.17, 15) is 9.59 Å². The Labute approximate surface area is 207 Å². The van der Waals surface area contributed by atoms with Gasteiger partial charge in [-0.15, -0.1) is 16.8 Å². The average Bonchev–Trinajstić information content (AvgIpc) is 3.11. The van der Waals surface area contributed by atoms with Crippen LogP contribution in [0.3, 0.4) is 0 Å². The topological polar surface area (TPSA) is 84.5 Å². The lowest BCUT2D eigenvalue weighted by atomic mass is 10.2. The Morgan fingerprint density at radius 1 is 1.03 bits per heavy atom. The molecule has 1 aliphatic rings. The van der Waals surface area contributed by atoms with Crippen molar-refractivity contribution >= 4 is 45.7 Å². The summed E-state index contributed by atoms with van der Waals surface area (Å²) in [5.74, 6) is 0.474. The van der Waals surface area contributed by atoms with Gasteiger partial charge in [-0.05, 0) is 49.2 Å². The van der Waals surface area contributed by atoms with Crippen molar-refractivity contribution in [2.45, 2.75) is 37.4 Å². The summed E-state index contributed by atoms with van der Waals surface area (Å²) in [7, 11) is 0. The third-order valence-corrected chi connectivity index (χ3v) is 7.17. The summed E-state index contributed by atoms with van der Waals surface area (Å²) < 4.78 is 3.37. The zero-order chi connectivity index (χ0) is 24.2. The molecule has 2 aromatic heterocycles. The fraction of sp³-hybridized carbons (Fsp3) is 0.308. The van der Waals surface area contributed by atoms with Crippen LogP contribution in [0.4, 0.5) is 11.4 Å². The molecule has 1 N–H and O–H groups in total. The first-order valence-electron chi connectivity index (χ1n) is 11.9. The molecule has 3 heterocycles. The fourth-order valence-electron chi connectivity index (χ4n) is 4.53. The van der Waals surface area contributed by atoms with Gasteiger partial charge in [0.05, 0.1) is 16.7 Å². The van der Waals surface area contributed by atoms with Gasteiger partial charge in [0.2, 0.25) is 11.7 Å². The lowest BCUT2D eigenvalue weighted by molar-refractivity contribution is -0.113. The summed E-state index contributed by atoms with van der Waals surface area (Å²) in [6.07, 6.45) is 6.71. The zero-order valence-electron chi connectivity index (χ0n) is 19.5. The number of benzene rings is 2. The number of aromatic nitrogens is 4. The standard InChI is InChI=1S/C26H28N6O2S/c1-2-15-31-24(34)21-9-5-6-10-22(21)32-25(31)28-29-26(32)35-18-23(33)27-19-11-13-20(14-12-19)30-16-7-3-4-8-17-30/h2,5-6,9-14H,1,3-4,7-8,15-18H2,(H,27,33). The first-order valence-corrected chi connectivity index (χ1v) is 12.9. The summed E-state index contributed by atoms with van der Waals surface area (Å²) in [5.41, 5.74) is 2.54. The third-order valence-electron chi connectivity index (χ3n) is 6.24. The summed E-state index contributed by atoms with van der Waals surface area (Å²) in [5, 5.41) is 12.6. The maximum atomic E-state index is 12.9. The first-order chi connectivity index (χ1) is 17.2. The number of carbonyl (C=O) groups excluding carboxylic acids is 1. The van der Waals surface area contributed by atoms with Crippen LogP contribution in [0.1, 0.15) is 25.7 Å². The molecule has 2 aromatic carbocycles. The first kappa shape index (κ1) is 23.2. The quantitative estimate of drug-likeness (QED) is 0.308. The van der Waals surface area contributed by atoms with Gasteiger partial charge in [0.15, 0.2) is 5.16 Å². The van der Waals surface area contributed by atoms with E-state index >= 15 is 0 Å². The van der Waals surface area contributed by atoms with Crippen LogP contribution in [0.15, 0.2) is 71.1 Å². The lowest BCUT2D eigenvalue weighted by Gasteiger charge is -2.22. The Bertz CT molecular complexity index is 1420. The van der Waals surface area contributed by atoms with Crippen LogP contribution in [0, 0.1) is 0 Å². The molecule has 5 rings (SSSR count). The Morgan fingerprint density at radius 3 is 2.51 bits per heavy atom. The molecule has 35 heavy (non-hydrogen) atoms. The fourth-order valence-corrected chi connectivity index (χ4v) is 5.27. The van der Waals surface area contributed by atoms with Gasteiger partial charge in [-0.25, -0.2) is 0 Å². The number of rotatable bonds is 7. The summed E-state index contributed by atoms with van der Waals surface area (Å²) in [6.45, 7) is 6.25. The number of anilines is 2. The molecule has 0 spiro atoms. The molecule has 1 fully saturated rings. The molecule has 8 nitrogen and oxygen atoms in total. The van der Waals surface area contributed by atoms with Gasteiger partial charge in [-0.3, -0.25) is 18.6 Å². The molecule has 0 aliphatic carbocycles. The van der Waals surface area contributed by atoms with E-state index in [4.69, 9.17) is 0 Å². The minimum absolute atomic E-state index is 0.127. The number of fused-ring (bicyclic) bond motifs is 3. The number of amides is 1. The normalized spacial score (nSPS) is 14.2. The van der Waals surface area contributed by atoms with Gasteiger partial charge in [0.25, 0.3) is 5.56 Å². The molecule has 1 saturated heterocycles. The SMILES string of the molecule is C=CCn1c(=O)c2ccccc2n2c(SCC(=O)Nc3ccc(N4CCCCCC4)cc3)nnc12. The van der Waals surface area contributed by atoms with Crippen LogP contribution in [0.5, 0.6) is 0 Å². The Morgan fingerprint density at radius 2 is 1.77 bits per heavy atom. The second kappa shape index (κ2) is 10.4. The van der Waals surface area contributed by atoms with Gasteiger partial charge in [-0.2, -0.15) is 0 Å². The second-order valence-corrected chi connectivity index (χ2v) is 9.57. The molecular formula is C26H28N6O2S. The van der Waals surface area contributed by atoms with Crippen molar-refractivity contribution in [1.29, 1.82) is 0 Å². The molecule has 9 heteroatoms. The van der Waals surface area contributed by atoms with Gasteiger partial charge < -0.3 is 10.2 Å². The van der Waals surface area contributed by atoms with E-state index in [2.05, 4.69) is 39.1 Å². The molecule has 1 aliphatic heterocycles. The molecule has 1 amide bonds. The van der Waals surface area contributed by atoms with E-state index in [1.165, 1.54) is 43.1 Å². The van der Waals surface area contributed by atoms with E-state index in [1.807, 2.05) is 34.7 Å². The lowest BCUT2D eigenvalue weighted by Crippen LogP contribution is -2.23. The molecule has 0 bridgehead atoms. The van der Waals surface area contributed by atoms with Gasteiger partial charge in [0.1, 0.15) is 0 Å². The minimum atomic E-state index is -0.140. The van der Waals surface area contributed by atoms with E-state index < -0.39 is 0 Å². The van der Waals surface area contributed by atoms with Crippen LogP contribution >= 0.6 is 11.8 Å². The van der Waals surface area contributed by atoms with E-state index in [0.717, 1.165) is 18.8 Å². The van der Waals surface area contributed by atoms with Crippen molar-refractivity contribution in [1.82, 2.24) is 19.2 Å². The number of nitrogens with zero attached hydrogens (tertiary/aromatic N) is 5. The second-order valence-electron chi connectivity index (χ2n) is 8.62. The summed E-state index contributed by atoms with van der Waals surface area (Å²) in [4.78, 5) is 28.0. The monoisotopic (exact) mass is 488 g/mol. The van der Waals surface area contributed by atoms with Crippen LogP contribution in [0.2, 0.25) is 0 Å². The molecule has 180 valence electrons. The minimum Gasteiger partial charge on any atom is -0.372 e. The van der Waals surface area contributed by atoms with Gasteiger partial charge in [-0.1, -0.05) is 42.8 Å². The largest absolute Gasteiger partial charge is 0.372 e. The molecule has 0 atom stereocenters. The molecule has 0 unspecified atom stereocenters. The zero-order valence-corrected chi connectivity index (χ0v) is 20.3. The van der Waals surface area contributed by atoms with Crippen molar-refractivity contribution in [3.05, 3.63) is 71.5 Å². The Balaban J connectivity index is 1.31. The highest BCUT2D eigenvalue weighted by Crippen LogP contribution is 2.24. The van der Waals surface area contributed by atoms with E-state index in [0.29, 0.717) is 28.4 Å². The van der Waals surface area contributed by atoms with Crippen molar-refractivity contribution in [3.8, 4) is 0 Å². The van der Waals surface area contributed by atoms with Gasteiger partial charge >= 0.3 is 0 Å². The van der Waals surface area contributed by atoms with Crippen LogP contribution < -0.4 is 15.8 Å². The van der Waals surface area contributed by atoms with E-state index in [-0.39, 0.29) is 17.2 Å². The highest BCUT2D eigenvalue weighted by Gasteiger charge is 2.17. The number of nitrogens with one attached hydrogen (secondary N) is 1. The van der Waals surface area contributed by atoms with Crippen molar-refractivity contribution in [2.24, 2.45) is 0 Å². The van der Waals surface area contributed by atoms with Gasteiger partial charge in [0, 0.05) is 31.0 Å². The number of carbonyl (C=O) groups is 1. The van der Waals surface area contributed by atoms with Crippen molar-refractivity contribution in [3.63, 3.8) is 0 Å². The predicted octanol–water partition coefficient (Wildman–Crippen LogP) is 4.34. The van der Waals surface area contributed by atoms with Crippen LogP contribution in [-0.4, -0.2) is 43.9 Å². The average molecular weight is 489 g/mol. The van der Waals surface area contributed by atoms with E-state index in [1.54, 1.807) is 16.7 Å². The Hall–Kier alpha value is -3.59. The maximum absolute atomic E-state index is 12.9. The maximum Gasteiger partial charge on any atom is 0.263 e. The smallest absolute Gasteiger partial charge is 0.263 e. The highest BCUT2D eigenvalue weighted by atomic mass is 32.2. The molecule has 4 aromatic rings.